The fraction of sp³-hybridized carbons (Fsp3) is 0.462. The maximum Gasteiger partial charge on any atom is 0.122 e. The monoisotopic (exact) mass is 191 g/mol. The third-order valence-corrected chi connectivity index (χ3v) is 2.39. The number of hydrogen-bond donors (Lipinski definition) is 0. The van der Waals surface area contributed by atoms with E-state index in [2.05, 4.69) is 19.1 Å². The maximum absolute atomic E-state index is 5.29. The number of unbranched alkanes of at least 4 members (excludes halogenated alkanes) is 3. The third kappa shape index (κ3) is 3.41. The molecule has 0 fully saturated rings. The Labute approximate surface area is 87.1 Å². The van der Waals surface area contributed by atoms with Crippen molar-refractivity contribution in [3.63, 3.8) is 0 Å². The van der Waals surface area contributed by atoms with Gasteiger partial charge in [0, 0.05) is 0 Å². The number of rotatable bonds is 6. The molecule has 0 aliphatic heterocycles. The van der Waals surface area contributed by atoms with Crippen molar-refractivity contribution in [3.05, 3.63) is 36.8 Å². The molecule has 0 aliphatic rings. The second-order valence-electron chi connectivity index (χ2n) is 3.48. The molecule has 0 heterocycles. The van der Waals surface area contributed by atoms with Crippen molar-refractivity contribution in [2.24, 2.45) is 0 Å². The van der Waals surface area contributed by atoms with E-state index in [-0.39, 0.29) is 0 Å². The van der Waals surface area contributed by atoms with Crippen molar-refractivity contribution in [1.29, 1.82) is 0 Å². The molecule has 77 valence electrons. The van der Waals surface area contributed by atoms with Gasteiger partial charge in [-0.1, -0.05) is 44.4 Å². The van der Waals surface area contributed by atoms with Crippen molar-refractivity contribution in [2.75, 3.05) is 7.11 Å². The normalized spacial score (nSPS) is 10.1. The molecule has 0 unspecified atom stereocenters. The Kier molecular flexibility index (Phi) is 5.13. The van der Waals surface area contributed by atoms with E-state index in [4.69, 9.17) is 4.74 Å². The summed E-state index contributed by atoms with van der Waals surface area (Å²) in [5, 5.41) is 0. The molecule has 1 nitrogen and oxygen atoms in total. The Bertz CT molecular complexity index is 255. The first-order valence-electron chi connectivity index (χ1n) is 5.29. The van der Waals surface area contributed by atoms with Gasteiger partial charge in [0.1, 0.15) is 5.75 Å². The lowest BCUT2D eigenvalue weighted by Crippen LogP contribution is -1.91. The average Bonchev–Trinajstić information content (AvgIpc) is 2.25. The zero-order chi connectivity index (χ0) is 10.2. The average molecular weight is 191 g/mol. The Morgan fingerprint density at radius 1 is 1.14 bits per heavy atom. The molecule has 0 aliphatic carbocycles. The largest absolute Gasteiger partial charge is 0.496 e. The Morgan fingerprint density at radius 2 is 1.93 bits per heavy atom. The number of ether oxygens (including phenoxy) is 1. The van der Waals surface area contributed by atoms with Gasteiger partial charge in [0.2, 0.25) is 0 Å². The Hall–Kier alpha value is -0.980. The van der Waals surface area contributed by atoms with Gasteiger partial charge in [-0.2, -0.15) is 0 Å². The highest BCUT2D eigenvalue weighted by molar-refractivity contribution is 5.33. The molecule has 0 amide bonds. The zero-order valence-corrected chi connectivity index (χ0v) is 8.96. The highest BCUT2D eigenvalue weighted by Crippen LogP contribution is 2.19. The minimum atomic E-state index is 1.02. The van der Waals surface area contributed by atoms with E-state index in [0.29, 0.717) is 0 Å². The smallest absolute Gasteiger partial charge is 0.122 e. The van der Waals surface area contributed by atoms with E-state index in [1.54, 1.807) is 7.11 Å². The van der Waals surface area contributed by atoms with Gasteiger partial charge in [-0.15, -0.1) is 0 Å². The Morgan fingerprint density at radius 3 is 2.64 bits per heavy atom. The van der Waals surface area contributed by atoms with Crippen LogP contribution in [0.1, 0.15) is 31.2 Å². The summed E-state index contributed by atoms with van der Waals surface area (Å²) in [6, 6.07) is 8.25. The van der Waals surface area contributed by atoms with Gasteiger partial charge >= 0.3 is 0 Å². The molecule has 1 heteroatoms. The van der Waals surface area contributed by atoms with E-state index >= 15 is 0 Å². The zero-order valence-electron chi connectivity index (χ0n) is 8.96. The molecule has 0 saturated heterocycles. The van der Waals surface area contributed by atoms with Crippen LogP contribution < -0.4 is 4.74 Å². The van der Waals surface area contributed by atoms with Crippen LogP contribution in [0.2, 0.25) is 0 Å². The molecule has 14 heavy (non-hydrogen) atoms. The van der Waals surface area contributed by atoms with Crippen LogP contribution in [0.15, 0.2) is 24.3 Å². The summed E-state index contributed by atoms with van der Waals surface area (Å²) in [7, 11) is 1.73. The van der Waals surface area contributed by atoms with Crippen molar-refractivity contribution >= 4 is 0 Å². The highest BCUT2D eigenvalue weighted by atomic mass is 16.5. The first kappa shape index (κ1) is 11.1. The van der Waals surface area contributed by atoms with Crippen LogP contribution in [0, 0.1) is 6.92 Å². The van der Waals surface area contributed by atoms with Gasteiger partial charge < -0.3 is 4.74 Å². The van der Waals surface area contributed by atoms with Gasteiger partial charge in [0.25, 0.3) is 0 Å². The second kappa shape index (κ2) is 6.47. The summed E-state index contributed by atoms with van der Waals surface area (Å²) in [6.07, 6.45) is 5.89. The number of methoxy groups -OCH3 is 1. The van der Waals surface area contributed by atoms with Crippen molar-refractivity contribution in [1.82, 2.24) is 0 Å². The minimum absolute atomic E-state index is 1.02. The van der Waals surface area contributed by atoms with E-state index in [1.807, 2.05) is 12.1 Å². The van der Waals surface area contributed by atoms with Crippen LogP contribution in [-0.4, -0.2) is 7.11 Å². The van der Waals surface area contributed by atoms with E-state index in [9.17, 15) is 0 Å². The highest BCUT2D eigenvalue weighted by Gasteiger charge is 2.00. The van der Waals surface area contributed by atoms with E-state index in [0.717, 1.165) is 18.6 Å². The first-order valence-corrected chi connectivity index (χ1v) is 5.29. The van der Waals surface area contributed by atoms with Crippen LogP contribution in [0.4, 0.5) is 0 Å². The third-order valence-electron chi connectivity index (χ3n) is 2.39. The van der Waals surface area contributed by atoms with Gasteiger partial charge in [-0.3, -0.25) is 0 Å². The predicted octanol–water partition coefficient (Wildman–Crippen LogP) is 3.63. The van der Waals surface area contributed by atoms with E-state index < -0.39 is 0 Å². The number of hydrogen-bond acceptors (Lipinski definition) is 1. The molecule has 0 atom stereocenters. The molecule has 1 radical (unpaired) electrons. The van der Waals surface area contributed by atoms with Crippen molar-refractivity contribution in [3.8, 4) is 5.75 Å². The quantitative estimate of drug-likeness (QED) is 0.624. The van der Waals surface area contributed by atoms with Crippen LogP contribution in [0.3, 0.4) is 0 Å². The summed E-state index contributed by atoms with van der Waals surface area (Å²) < 4.78 is 5.29. The van der Waals surface area contributed by atoms with Gasteiger partial charge in [-0.05, 0) is 24.5 Å². The minimum Gasteiger partial charge on any atom is -0.496 e. The molecular formula is C13H19O. The standard InChI is InChI=1S/C13H19O/c1-3-4-5-6-9-12-10-7-8-11-13(12)14-2/h7-8,10-11H,1,3-6,9H2,2H3. The summed E-state index contributed by atoms with van der Waals surface area (Å²) in [4.78, 5) is 0. The predicted molar refractivity (Wildman–Crippen MR) is 60.5 cm³/mol. The lowest BCUT2D eigenvalue weighted by atomic mass is 10.1. The lowest BCUT2D eigenvalue weighted by molar-refractivity contribution is 0.409. The molecule has 0 N–H and O–H groups in total. The molecular weight excluding hydrogens is 172 g/mol. The van der Waals surface area contributed by atoms with Gasteiger partial charge in [0.05, 0.1) is 7.11 Å². The number of benzene rings is 1. The fourth-order valence-corrected chi connectivity index (χ4v) is 1.58. The molecule has 0 aromatic heterocycles. The molecule has 1 aromatic carbocycles. The van der Waals surface area contributed by atoms with E-state index in [1.165, 1.54) is 24.8 Å². The fourth-order valence-electron chi connectivity index (χ4n) is 1.58. The van der Waals surface area contributed by atoms with Gasteiger partial charge in [0.15, 0.2) is 0 Å². The summed E-state index contributed by atoms with van der Waals surface area (Å²) in [5.74, 6) is 1.02. The topological polar surface area (TPSA) is 9.23 Å². The van der Waals surface area contributed by atoms with Crippen LogP contribution in [0.5, 0.6) is 5.75 Å². The first-order chi connectivity index (χ1) is 6.88. The van der Waals surface area contributed by atoms with Crippen LogP contribution in [0.25, 0.3) is 0 Å². The summed E-state index contributed by atoms with van der Waals surface area (Å²) in [5.41, 5.74) is 1.32. The van der Waals surface area contributed by atoms with Gasteiger partial charge in [-0.25, -0.2) is 0 Å². The number of para-hydroxylation sites is 1. The molecule has 0 bridgehead atoms. The summed E-state index contributed by atoms with van der Waals surface area (Å²) >= 11 is 0. The van der Waals surface area contributed by atoms with Crippen molar-refractivity contribution in [2.45, 2.75) is 32.1 Å². The maximum atomic E-state index is 5.29. The molecule has 0 saturated carbocycles. The number of aryl methyl sites for hydroxylation is 1. The SMILES string of the molecule is [CH2]CCCCCc1ccccc1OC. The molecule has 1 rings (SSSR count). The lowest BCUT2D eigenvalue weighted by Gasteiger charge is -2.07. The van der Waals surface area contributed by atoms with Crippen LogP contribution >= 0.6 is 0 Å². The molecule has 0 spiro atoms. The second-order valence-corrected chi connectivity index (χ2v) is 3.48. The molecule has 1 aromatic rings. The Balaban J connectivity index is 2.41. The van der Waals surface area contributed by atoms with Crippen molar-refractivity contribution < 1.29 is 4.74 Å². The summed E-state index contributed by atoms with van der Waals surface area (Å²) in [6.45, 7) is 3.84. The van der Waals surface area contributed by atoms with Crippen LogP contribution in [-0.2, 0) is 6.42 Å².